The molecule has 0 spiro atoms. The molecule has 0 aromatic heterocycles. The highest BCUT2D eigenvalue weighted by Gasteiger charge is 2.05. The second-order valence-corrected chi connectivity index (χ2v) is 2.68. The minimum Gasteiger partial charge on any atom is -0.397 e. The van der Waals surface area contributed by atoms with E-state index in [1.165, 1.54) is 6.07 Å². The van der Waals surface area contributed by atoms with E-state index in [2.05, 4.69) is 0 Å². The first kappa shape index (κ1) is 8.82. The van der Waals surface area contributed by atoms with Gasteiger partial charge in [0.15, 0.2) is 0 Å². The summed E-state index contributed by atoms with van der Waals surface area (Å²) in [5, 5.41) is 8.62. The fourth-order valence-corrected chi connectivity index (χ4v) is 1.06. The SMILES string of the molecule is N#CCc1cc(F)cc(N)c1Cl. The van der Waals surface area contributed by atoms with Crippen LogP contribution in [0, 0.1) is 17.1 Å². The summed E-state index contributed by atoms with van der Waals surface area (Å²) >= 11 is 5.70. The molecule has 0 atom stereocenters. The lowest BCUT2D eigenvalue weighted by molar-refractivity contribution is 0.627. The largest absolute Gasteiger partial charge is 0.397 e. The molecule has 0 saturated heterocycles. The van der Waals surface area contributed by atoms with Crippen molar-refractivity contribution in [1.29, 1.82) is 5.26 Å². The van der Waals surface area contributed by atoms with E-state index in [4.69, 9.17) is 22.6 Å². The quantitative estimate of drug-likeness (QED) is 0.680. The molecule has 2 nitrogen and oxygen atoms in total. The van der Waals surface area contributed by atoms with Crippen molar-refractivity contribution in [2.24, 2.45) is 0 Å². The second kappa shape index (κ2) is 3.42. The van der Waals surface area contributed by atoms with Crippen molar-refractivity contribution in [1.82, 2.24) is 0 Å². The number of nitrogens with zero attached hydrogens (tertiary/aromatic N) is 1. The number of benzene rings is 1. The molecule has 0 radical (unpaired) electrons. The van der Waals surface area contributed by atoms with Crippen molar-refractivity contribution in [2.45, 2.75) is 6.42 Å². The Morgan fingerprint density at radius 1 is 1.58 bits per heavy atom. The summed E-state index contributed by atoms with van der Waals surface area (Å²) in [7, 11) is 0. The average molecular weight is 185 g/mol. The summed E-state index contributed by atoms with van der Waals surface area (Å²) in [6, 6.07) is 4.21. The van der Waals surface area contributed by atoms with Crippen LogP contribution in [0.1, 0.15) is 5.56 Å². The first-order valence-corrected chi connectivity index (χ1v) is 3.63. The first-order chi connectivity index (χ1) is 5.65. The van der Waals surface area contributed by atoms with E-state index in [0.717, 1.165) is 6.07 Å². The Hall–Kier alpha value is -1.27. The molecule has 0 unspecified atom stereocenters. The highest BCUT2D eigenvalue weighted by molar-refractivity contribution is 6.33. The molecule has 4 heteroatoms. The number of nitrogens with two attached hydrogens (primary N) is 1. The number of rotatable bonds is 1. The third-order valence-electron chi connectivity index (χ3n) is 1.41. The maximum atomic E-state index is 12.7. The monoisotopic (exact) mass is 184 g/mol. The molecule has 0 fully saturated rings. The van der Waals surface area contributed by atoms with Crippen molar-refractivity contribution in [3.05, 3.63) is 28.5 Å². The summed E-state index contributed by atoms with van der Waals surface area (Å²) in [6.07, 6.45) is 0.0702. The van der Waals surface area contributed by atoms with E-state index in [9.17, 15) is 4.39 Å². The zero-order chi connectivity index (χ0) is 9.14. The lowest BCUT2D eigenvalue weighted by Crippen LogP contribution is -1.93. The Balaban J connectivity index is 3.20. The number of nitrogen functional groups attached to an aromatic ring is 1. The molecule has 1 aromatic rings. The molecular formula is C8H6ClFN2. The molecule has 0 aliphatic carbocycles. The van der Waals surface area contributed by atoms with Gasteiger partial charge in [0.1, 0.15) is 5.82 Å². The van der Waals surface area contributed by atoms with Crippen LogP contribution in [0.4, 0.5) is 10.1 Å². The molecule has 62 valence electrons. The van der Waals surface area contributed by atoms with Crippen LogP contribution < -0.4 is 5.73 Å². The predicted octanol–water partition coefficient (Wildman–Crippen LogP) is 2.13. The molecule has 0 aliphatic rings. The lowest BCUT2D eigenvalue weighted by Gasteiger charge is -2.02. The van der Waals surface area contributed by atoms with Crippen molar-refractivity contribution < 1.29 is 4.39 Å². The fourth-order valence-electron chi connectivity index (χ4n) is 0.883. The standard InChI is InChI=1S/C8H6ClFN2/c9-8-5(1-2-11)3-6(10)4-7(8)12/h3-4H,1,12H2. The molecular weight excluding hydrogens is 179 g/mol. The van der Waals surface area contributed by atoms with Gasteiger partial charge in [0.25, 0.3) is 0 Å². The second-order valence-electron chi connectivity index (χ2n) is 2.30. The Morgan fingerprint density at radius 3 is 2.83 bits per heavy atom. The average Bonchev–Trinajstić information content (AvgIpc) is 2.00. The van der Waals surface area contributed by atoms with Crippen LogP contribution in [0.15, 0.2) is 12.1 Å². The van der Waals surface area contributed by atoms with Gasteiger partial charge in [-0.25, -0.2) is 4.39 Å². The van der Waals surface area contributed by atoms with Gasteiger partial charge in [0.05, 0.1) is 23.2 Å². The van der Waals surface area contributed by atoms with E-state index in [1.807, 2.05) is 6.07 Å². The highest BCUT2D eigenvalue weighted by atomic mass is 35.5. The van der Waals surface area contributed by atoms with Crippen molar-refractivity contribution in [2.75, 3.05) is 5.73 Å². The molecule has 0 heterocycles. The van der Waals surface area contributed by atoms with Crippen molar-refractivity contribution in [3.63, 3.8) is 0 Å². The zero-order valence-electron chi connectivity index (χ0n) is 6.14. The van der Waals surface area contributed by atoms with Crippen LogP contribution in [-0.2, 0) is 6.42 Å². The minimum atomic E-state index is -0.470. The van der Waals surface area contributed by atoms with Gasteiger partial charge in [-0.1, -0.05) is 11.6 Å². The normalized spacial score (nSPS) is 9.42. The van der Waals surface area contributed by atoms with Gasteiger partial charge in [0, 0.05) is 0 Å². The van der Waals surface area contributed by atoms with Gasteiger partial charge in [-0.3, -0.25) is 0 Å². The number of anilines is 1. The van der Waals surface area contributed by atoms with E-state index in [1.54, 1.807) is 0 Å². The molecule has 0 aliphatic heterocycles. The van der Waals surface area contributed by atoms with Gasteiger partial charge in [-0.05, 0) is 17.7 Å². The number of nitriles is 1. The summed E-state index contributed by atoms with van der Waals surface area (Å²) in [6.45, 7) is 0. The van der Waals surface area contributed by atoms with Gasteiger partial charge in [-0.15, -0.1) is 0 Å². The lowest BCUT2D eigenvalue weighted by atomic mass is 10.1. The maximum absolute atomic E-state index is 12.7. The van der Waals surface area contributed by atoms with E-state index in [-0.39, 0.29) is 17.1 Å². The van der Waals surface area contributed by atoms with Gasteiger partial charge in [0.2, 0.25) is 0 Å². The van der Waals surface area contributed by atoms with Crippen LogP contribution in [0.5, 0.6) is 0 Å². The van der Waals surface area contributed by atoms with Crippen LogP contribution >= 0.6 is 11.6 Å². The summed E-state index contributed by atoms with van der Waals surface area (Å²) in [4.78, 5) is 0. The van der Waals surface area contributed by atoms with E-state index in [0.29, 0.717) is 5.56 Å². The topological polar surface area (TPSA) is 49.8 Å². The minimum absolute atomic E-state index is 0.0702. The maximum Gasteiger partial charge on any atom is 0.125 e. The zero-order valence-corrected chi connectivity index (χ0v) is 6.90. The van der Waals surface area contributed by atoms with Crippen LogP contribution in [0.25, 0.3) is 0 Å². The third kappa shape index (κ3) is 1.66. The van der Waals surface area contributed by atoms with Crippen LogP contribution in [0.2, 0.25) is 5.02 Å². The molecule has 1 rings (SSSR count). The summed E-state index contributed by atoms with van der Waals surface area (Å²) in [5.74, 6) is -0.470. The number of hydrogen-bond acceptors (Lipinski definition) is 2. The van der Waals surface area contributed by atoms with Crippen LogP contribution in [-0.4, -0.2) is 0 Å². The van der Waals surface area contributed by atoms with E-state index >= 15 is 0 Å². The van der Waals surface area contributed by atoms with Crippen molar-refractivity contribution in [3.8, 4) is 6.07 Å². The van der Waals surface area contributed by atoms with Gasteiger partial charge >= 0.3 is 0 Å². The summed E-state index contributed by atoms with van der Waals surface area (Å²) in [5.41, 5.74) is 5.97. The van der Waals surface area contributed by atoms with Crippen LogP contribution in [0.3, 0.4) is 0 Å². The Labute approximate surface area is 74.4 Å². The Morgan fingerprint density at radius 2 is 2.25 bits per heavy atom. The Kier molecular flexibility index (Phi) is 2.51. The van der Waals surface area contributed by atoms with Gasteiger partial charge < -0.3 is 5.73 Å². The number of halogens is 2. The molecule has 1 aromatic carbocycles. The fraction of sp³-hybridized carbons (Fsp3) is 0.125. The summed E-state index contributed by atoms with van der Waals surface area (Å²) < 4.78 is 12.7. The highest BCUT2D eigenvalue weighted by Crippen LogP contribution is 2.24. The smallest absolute Gasteiger partial charge is 0.125 e. The molecule has 0 bridgehead atoms. The third-order valence-corrected chi connectivity index (χ3v) is 1.87. The molecule has 0 amide bonds. The van der Waals surface area contributed by atoms with Gasteiger partial charge in [-0.2, -0.15) is 5.26 Å². The van der Waals surface area contributed by atoms with E-state index < -0.39 is 5.82 Å². The van der Waals surface area contributed by atoms with Crippen molar-refractivity contribution >= 4 is 17.3 Å². The molecule has 0 saturated carbocycles. The molecule has 2 N–H and O–H groups in total. The molecule has 12 heavy (non-hydrogen) atoms. The number of hydrogen-bond donors (Lipinski definition) is 1. The predicted molar refractivity (Wildman–Crippen MR) is 45.1 cm³/mol. The first-order valence-electron chi connectivity index (χ1n) is 3.25. The Bertz CT molecular complexity index is 344.